The number of benzene rings is 1. The zero-order valence-corrected chi connectivity index (χ0v) is 9.98. The van der Waals surface area contributed by atoms with E-state index >= 15 is 0 Å². The Bertz CT molecular complexity index is 383. The lowest BCUT2D eigenvalue weighted by Gasteiger charge is -2.42. The zero-order chi connectivity index (χ0) is 11.6. The van der Waals surface area contributed by atoms with Crippen molar-refractivity contribution in [2.75, 3.05) is 19.6 Å². The van der Waals surface area contributed by atoms with Crippen molar-refractivity contribution in [2.24, 2.45) is 5.41 Å². The number of likely N-dealkylation sites (tertiary alicyclic amines) is 1. The fourth-order valence-electron chi connectivity index (χ4n) is 2.23. The Hall–Kier alpha value is -1.33. The molecule has 0 spiro atoms. The molecule has 0 aromatic heterocycles. The van der Waals surface area contributed by atoms with Crippen LogP contribution in [0.1, 0.15) is 25.3 Å². The first-order valence-electron chi connectivity index (χ1n) is 5.79. The minimum absolute atomic E-state index is 0.221. The van der Waals surface area contributed by atoms with E-state index in [4.69, 9.17) is 5.26 Å². The van der Waals surface area contributed by atoms with Gasteiger partial charge < -0.3 is 4.90 Å². The summed E-state index contributed by atoms with van der Waals surface area (Å²) in [5, 5.41) is 8.97. The predicted octanol–water partition coefficient (Wildman–Crippen LogP) is 2.64. The van der Waals surface area contributed by atoms with Gasteiger partial charge in [-0.25, -0.2) is 0 Å². The molecule has 84 valence electrons. The Labute approximate surface area is 97.5 Å². The van der Waals surface area contributed by atoms with Gasteiger partial charge in [0.25, 0.3) is 0 Å². The average molecular weight is 214 g/mol. The van der Waals surface area contributed by atoms with Crippen LogP contribution in [0, 0.1) is 16.7 Å². The first kappa shape index (κ1) is 11.2. The van der Waals surface area contributed by atoms with Crippen molar-refractivity contribution in [3.63, 3.8) is 0 Å². The van der Waals surface area contributed by atoms with Gasteiger partial charge in [0, 0.05) is 25.6 Å². The maximum Gasteiger partial charge on any atom is 0.0697 e. The van der Waals surface area contributed by atoms with Crippen LogP contribution in [0.4, 0.5) is 0 Å². The van der Waals surface area contributed by atoms with E-state index in [1.807, 2.05) is 13.8 Å². The molecule has 1 aromatic carbocycles. The molecule has 16 heavy (non-hydrogen) atoms. The van der Waals surface area contributed by atoms with Crippen LogP contribution in [-0.2, 0) is 0 Å². The summed E-state index contributed by atoms with van der Waals surface area (Å²) in [6, 6.07) is 13.0. The fraction of sp³-hybridized carbons (Fsp3) is 0.500. The summed E-state index contributed by atoms with van der Waals surface area (Å²) in [7, 11) is 0. The van der Waals surface area contributed by atoms with Crippen LogP contribution in [-0.4, -0.2) is 24.5 Å². The predicted molar refractivity (Wildman–Crippen MR) is 65.0 cm³/mol. The van der Waals surface area contributed by atoms with Gasteiger partial charge in [-0.1, -0.05) is 30.3 Å². The average Bonchev–Trinajstić information content (AvgIpc) is 2.24. The standard InChI is InChI=1S/C14H18N2/c1-14(2,10-15)11-16-8-13(9-16)12-6-4-3-5-7-12/h3-7,13H,8-9,11H2,1-2H3. The van der Waals surface area contributed by atoms with Crippen LogP contribution in [0.3, 0.4) is 0 Å². The molecule has 0 atom stereocenters. The third kappa shape index (κ3) is 2.43. The Morgan fingerprint density at radius 3 is 2.50 bits per heavy atom. The van der Waals surface area contributed by atoms with Gasteiger partial charge in [-0.15, -0.1) is 0 Å². The van der Waals surface area contributed by atoms with Gasteiger partial charge >= 0.3 is 0 Å². The van der Waals surface area contributed by atoms with E-state index in [9.17, 15) is 0 Å². The highest BCUT2D eigenvalue weighted by Crippen LogP contribution is 2.29. The monoisotopic (exact) mass is 214 g/mol. The Morgan fingerprint density at radius 2 is 1.94 bits per heavy atom. The van der Waals surface area contributed by atoms with Crippen molar-refractivity contribution in [1.82, 2.24) is 4.90 Å². The summed E-state index contributed by atoms with van der Waals surface area (Å²) in [4.78, 5) is 2.36. The Kier molecular flexibility index (Phi) is 2.98. The minimum atomic E-state index is -0.221. The molecule has 0 amide bonds. The Morgan fingerprint density at radius 1 is 1.31 bits per heavy atom. The lowest BCUT2D eigenvalue weighted by molar-refractivity contribution is 0.113. The van der Waals surface area contributed by atoms with Crippen molar-refractivity contribution in [3.05, 3.63) is 35.9 Å². The number of hydrogen-bond acceptors (Lipinski definition) is 2. The van der Waals surface area contributed by atoms with Gasteiger partial charge in [-0.3, -0.25) is 0 Å². The topological polar surface area (TPSA) is 27.0 Å². The summed E-state index contributed by atoms with van der Waals surface area (Å²) in [5.41, 5.74) is 1.20. The van der Waals surface area contributed by atoms with Gasteiger partial charge in [-0.05, 0) is 19.4 Å². The summed E-state index contributed by atoms with van der Waals surface area (Å²) in [6.07, 6.45) is 0. The molecule has 1 heterocycles. The van der Waals surface area contributed by atoms with Gasteiger partial charge in [0.15, 0.2) is 0 Å². The smallest absolute Gasteiger partial charge is 0.0697 e. The van der Waals surface area contributed by atoms with E-state index in [0.29, 0.717) is 5.92 Å². The number of nitriles is 1. The lowest BCUT2D eigenvalue weighted by Crippen LogP contribution is -2.48. The summed E-state index contributed by atoms with van der Waals surface area (Å²) < 4.78 is 0. The maximum absolute atomic E-state index is 8.97. The highest BCUT2D eigenvalue weighted by Gasteiger charge is 2.31. The maximum atomic E-state index is 8.97. The highest BCUT2D eigenvalue weighted by molar-refractivity contribution is 5.22. The molecule has 2 rings (SSSR count). The second-order valence-corrected chi connectivity index (χ2v) is 5.30. The van der Waals surface area contributed by atoms with Crippen molar-refractivity contribution in [3.8, 4) is 6.07 Å². The number of nitrogens with zero attached hydrogens (tertiary/aromatic N) is 2. The molecule has 0 aliphatic carbocycles. The van der Waals surface area contributed by atoms with Crippen LogP contribution in [0.5, 0.6) is 0 Å². The van der Waals surface area contributed by atoms with Gasteiger partial charge in [0.2, 0.25) is 0 Å². The van der Waals surface area contributed by atoms with Crippen molar-refractivity contribution < 1.29 is 0 Å². The van der Waals surface area contributed by atoms with E-state index in [1.54, 1.807) is 0 Å². The van der Waals surface area contributed by atoms with Crippen molar-refractivity contribution in [2.45, 2.75) is 19.8 Å². The van der Waals surface area contributed by atoms with E-state index < -0.39 is 0 Å². The van der Waals surface area contributed by atoms with Crippen LogP contribution in [0.15, 0.2) is 30.3 Å². The van der Waals surface area contributed by atoms with E-state index in [1.165, 1.54) is 5.56 Å². The second kappa shape index (κ2) is 4.27. The minimum Gasteiger partial charge on any atom is -0.300 e. The third-order valence-corrected chi connectivity index (χ3v) is 3.15. The SMILES string of the molecule is CC(C)(C#N)CN1CC(c2ccccc2)C1. The molecule has 2 heteroatoms. The van der Waals surface area contributed by atoms with E-state index in [2.05, 4.69) is 41.3 Å². The molecule has 1 fully saturated rings. The highest BCUT2D eigenvalue weighted by atomic mass is 15.2. The van der Waals surface area contributed by atoms with Gasteiger partial charge in [0.05, 0.1) is 11.5 Å². The number of rotatable bonds is 3. The fourth-order valence-corrected chi connectivity index (χ4v) is 2.23. The molecule has 1 aliphatic heterocycles. The van der Waals surface area contributed by atoms with E-state index in [-0.39, 0.29) is 5.41 Å². The third-order valence-electron chi connectivity index (χ3n) is 3.15. The Balaban J connectivity index is 1.85. The molecular formula is C14H18N2. The van der Waals surface area contributed by atoms with Crippen LogP contribution >= 0.6 is 0 Å². The molecule has 1 saturated heterocycles. The molecule has 1 aliphatic rings. The first-order valence-corrected chi connectivity index (χ1v) is 5.79. The summed E-state index contributed by atoms with van der Waals surface area (Å²) in [6.45, 7) is 7.07. The molecule has 0 unspecified atom stereocenters. The molecular weight excluding hydrogens is 196 g/mol. The zero-order valence-electron chi connectivity index (χ0n) is 9.98. The van der Waals surface area contributed by atoms with E-state index in [0.717, 1.165) is 19.6 Å². The summed E-state index contributed by atoms with van der Waals surface area (Å²) in [5.74, 6) is 0.663. The molecule has 1 aromatic rings. The van der Waals surface area contributed by atoms with Crippen LogP contribution in [0.2, 0.25) is 0 Å². The number of hydrogen-bond donors (Lipinski definition) is 0. The van der Waals surface area contributed by atoms with Crippen LogP contribution in [0.25, 0.3) is 0 Å². The normalized spacial score (nSPS) is 17.8. The van der Waals surface area contributed by atoms with Gasteiger partial charge in [-0.2, -0.15) is 5.26 Å². The molecule has 0 N–H and O–H groups in total. The molecule has 0 saturated carbocycles. The molecule has 2 nitrogen and oxygen atoms in total. The summed E-state index contributed by atoms with van der Waals surface area (Å²) >= 11 is 0. The molecule has 0 radical (unpaired) electrons. The van der Waals surface area contributed by atoms with Gasteiger partial charge in [0.1, 0.15) is 0 Å². The van der Waals surface area contributed by atoms with Crippen LogP contribution < -0.4 is 0 Å². The lowest BCUT2D eigenvalue weighted by atomic mass is 9.87. The quantitative estimate of drug-likeness (QED) is 0.773. The second-order valence-electron chi connectivity index (χ2n) is 5.30. The first-order chi connectivity index (χ1) is 7.61. The molecule has 0 bridgehead atoms. The largest absolute Gasteiger partial charge is 0.300 e. The van der Waals surface area contributed by atoms with Crippen molar-refractivity contribution in [1.29, 1.82) is 5.26 Å². The van der Waals surface area contributed by atoms with Crippen molar-refractivity contribution >= 4 is 0 Å².